The molecule has 16 heavy (non-hydrogen) atoms. The number of benzene rings is 1. The minimum atomic E-state index is -0.427. The molecule has 1 aromatic rings. The van der Waals surface area contributed by atoms with Gasteiger partial charge in [0, 0.05) is 5.56 Å². The normalized spacial score (nSPS) is 9.62. The Morgan fingerprint density at radius 2 is 2.12 bits per heavy atom. The molecular formula is C12H15NO3. The van der Waals surface area contributed by atoms with Crippen LogP contribution < -0.4 is 5.32 Å². The Balaban J connectivity index is 2.50. The van der Waals surface area contributed by atoms with Gasteiger partial charge >= 0.3 is 5.97 Å². The third kappa shape index (κ3) is 3.73. The number of nitrogens with one attached hydrogen (secondary N) is 1. The van der Waals surface area contributed by atoms with Crippen LogP contribution in [0.15, 0.2) is 24.3 Å². The Bertz CT molecular complexity index is 388. The first-order valence-electron chi connectivity index (χ1n) is 5.14. The number of carbonyl (C=O) groups is 2. The average Bonchev–Trinajstić information content (AvgIpc) is 2.26. The van der Waals surface area contributed by atoms with E-state index >= 15 is 0 Å². The van der Waals surface area contributed by atoms with Crippen molar-refractivity contribution in [1.29, 1.82) is 0 Å². The van der Waals surface area contributed by atoms with Gasteiger partial charge in [-0.15, -0.1) is 0 Å². The van der Waals surface area contributed by atoms with E-state index in [1.54, 1.807) is 25.1 Å². The molecule has 86 valence electrons. The van der Waals surface area contributed by atoms with E-state index in [4.69, 9.17) is 4.74 Å². The van der Waals surface area contributed by atoms with E-state index in [9.17, 15) is 9.59 Å². The summed E-state index contributed by atoms with van der Waals surface area (Å²) in [6.07, 6.45) is 0. The molecule has 0 aliphatic rings. The second-order valence-corrected chi connectivity index (χ2v) is 3.36. The van der Waals surface area contributed by atoms with Crippen LogP contribution in [0, 0.1) is 6.92 Å². The van der Waals surface area contributed by atoms with Crippen LogP contribution in [0.2, 0.25) is 0 Å². The number of rotatable bonds is 4. The van der Waals surface area contributed by atoms with E-state index in [1.165, 1.54) is 0 Å². The standard InChI is InChI=1S/C12H15NO3/c1-3-16-11(14)8-13-12(15)10-6-4-5-9(2)7-10/h4-7H,3,8H2,1-2H3,(H,13,15). The van der Waals surface area contributed by atoms with Gasteiger partial charge in [0.15, 0.2) is 0 Å². The summed E-state index contributed by atoms with van der Waals surface area (Å²) in [6.45, 7) is 3.85. The molecule has 0 bridgehead atoms. The van der Waals surface area contributed by atoms with E-state index in [0.717, 1.165) is 5.56 Å². The minimum Gasteiger partial charge on any atom is -0.465 e. The lowest BCUT2D eigenvalue weighted by atomic mass is 10.1. The van der Waals surface area contributed by atoms with Crippen molar-refractivity contribution in [3.05, 3.63) is 35.4 Å². The highest BCUT2D eigenvalue weighted by Gasteiger charge is 2.07. The molecule has 0 aliphatic carbocycles. The highest BCUT2D eigenvalue weighted by atomic mass is 16.5. The third-order valence-electron chi connectivity index (χ3n) is 1.98. The van der Waals surface area contributed by atoms with Crippen LogP contribution in [0.1, 0.15) is 22.8 Å². The smallest absolute Gasteiger partial charge is 0.325 e. The maximum Gasteiger partial charge on any atom is 0.325 e. The lowest BCUT2D eigenvalue weighted by Crippen LogP contribution is -2.30. The summed E-state index contributed by atoms with van der Waals surface area (Å²) >= 11 is 0. The van der Waals surface area contributed by atoms with Gasteiger partial charge < -0.3 is 10.1 Å². The molecule has 4 heteroatoms. The highest BCUT2D eigenvalue weighted by molar-refractivity contribution is 5.96. The van der Waals surface area contributed by atoms with Gasteiger partial charge in [-0.05, 0) is 26.0 Å². The number of hydrogen-bond acceptors (Lipinski definition) is 3. The van der Waals surface area contributed by atoms with Crippen molar-refractivity contribution in [2.45, 2.75) is 13.8 Å². The highest BCUT2D eigenvalue weighted by Crippen LogP contribution is 2.03. The van der Waals surface area contributed by atoms with Crippen LogP contribution in [-0.2, 0) is 9.53 Å². The molecule has 4 nitrogen and oxygen atoms in total. The second kappa shape index (κ2) is 5.90. The zero-order valence-corrected chi connectivity index (χ0v) is 9.45. The SMILES string of the molecule is CCOC(=O)CNC(=O)c1cccc(C)c1. The second-order valence-electron chi connectivity index (χ2n) is 3.36. The van der Waals surface area contributed by atoms with Crippen molar-refractivity contribution < 1.29 is 14.3 Å². The van der Waals surface area contributed by atoms with Crippen LogP contribution in [0.4, 0.5) is 0 Å². The molecule has 0 atom stereocenters. The Morgan fingerprint density at radius 3 is 2.75 bits per heavy atom. The summed E-state index contributed by atoms with van der Waals surface area (Å²) in [7, 11) is 0. The molecule has 0 unspecified atom stereocenters. The molecule has 1 aromatic carbocycles. The fraction of sp³-hybridized carbons (Fsp3) is 0.333. The van der Waals surface area contributed by atoms with E-state index in [-0.39, 0.29) is 12.5 Å². The van der Waals surface area contributed by atoms with Crippen molar-refractivity contribution in [3.8, 4) is 0 Å². The van der Waals surface area contributed by atoms with Gasteiger partial charge in [-0.1, -0.05) is 17.7 Å². The molecule has 0 aliphatic heterocycles. The maximum absolute atomic E-state index is 11.6. The fourth-order valence-corrected chi connectivity index (χ4v) is 1.25. The largest absolute Gasteiger partial charge is 0.465 e. The third-order valence-corrected chi connectivity index (χ3v) is 1.98. The number of aryl methyl sites for hydroxylation is 1. The van der Waals surface area contributed by atoms with Crippen molar-refractivity contribution >= 4 is 11.9 Å². The summed E-state index contributed by atoms with van der Waals surface area (Å²) in [4.78, 5) is 22.6. The molecule has 1 amide bonds. The Labute approximate surface area is 94.6 Å². The quantitative estimate of drug-likeness (QED) is 0.779. The van der Waals surface area contributed by atoms with Crippen LogP contribution in [0.3, 0.4) is 0 Å². The topological polar surface area (TPSA) is 55.4 Å². The number of hydrogen-bond donors (Lipinski definition) is 1. The molecular weight excluding hydrogens is 206 g/mol. The first kappa shape index (κ1) is 12.2. The molecule has 0 saturated heterocycles. The summed E-state index contributed by atoms with van der Waals surface area (Å²) in [5.41, 5.74) is 1.55. The number of esters is 1. The van der Waals surface area contributed by atoms with E-state index in [2.05, 4.69) is 5.32 Å². The van der Waals surface area contributed by atoms with Gasteiger partial charge in [0.25, 0.3) is 5.91 Å². The lowest BCUT2D eigenvalue weighted by Gasteiger charge is -2.05. The van der Waals surface area contributed by atoms with E-state index < -0.39 is 5.97 Å². The van der Waals surface area contributed by atoms with Crippen LogP contribution in [0.25, 0.3) is 0 Å². The van der Waals surface area contributed by atoms with Crippen molar-refractivity contribution in [3.63, 3.8) is 0 Å². The summed E-state index contributed by atoms with van der Waals surface area (Å²) in [6, 6.07) is 7.17. The molecule has 1 rings (SSSR count). The van der Waals surface area contributed by atoms with E-state index in [0.29, 0.717) is 12.2 Å². The Morgan fingerprint density at radius 1 is 1.38 bits per heavy atom. The molecule has 0 radical (unpaired) electrons. The van der Waals surface area contributed by atoms with Gasteiger partial charge in [0.2, 0.25) is 0 Å². The fourth-order valence-electron chi connectivity index (χ4n) is 1.25. The molecule has 0 spiro atoms. The maximum atomic E-state index is 11.6. The summed E-state index contributed by atoms with van der Waals surface area (Å²) in [5.74, 6) is -0.694. The molecule has 1 N–H and O–H groups in total. The van der Waals surface area contributed by atoms with Crippen molar-refractivity contribution in [2.75, 3.05) is 13.2 Å². The van der Waals surface area contributed by atoms with Gasteiger partial charge in [0.05, 0.1) is 6.61 Å². The average molecular weight is 221 g/mol. The monoisotopic (exact) mass is 221 g/mol. The van der Waals surface area contributed by atoms with Gasteiger partial charge in [-0.25, -0.2) is 0 Å². The predicted octanol–water partition coefficient (Wildman–Crippen LogP) is 1.29. The zero-order chi connectivity index (χ0) is 12.0. The first-order chi connectivity index (χ1) is 7.63. The van der Waals surface area contributed by atoms with Gasteiger partial charge in [-0.2, -0.15) is 0 Å². The molecule has 0 aromatic heterocycles. The van der Waals surface area contributed by atoms with Crippen molar-refractivity contribution in [2.24, 2.45) is 0 Å². The first-order valence-corrected chi connectivity index (χ1v) is 5.14. The van der Waals surface area contributed by atoms with Crippen LogP contribution in [-0.4, -0.2) is 25.0 Å². The number of amides is 1. The lowest BCUT2D eigenvalue weighted by molar-refractivity contribution is -0.141. The molecule has 0 heterocycles. The van der Waals surface area contributed by atoms with E-state index in [1.807, 2.05) is 13.0 Å². The van der Waals surface area contributed by atoms with Crippen LogP contribution in [0.5, 0.6) is 0 Å². The predicted molar refractivity (Wildman–Crippen MR) is 60.1 cm³/mol. The zero-order valence-electron chi connectivity index (χ0n) is 9.45. The van der Waals surface area contributed by atoms with Crippen molar-refractivity contribution in [1.82, 2.24) is 5.32 Å². The minimum absolute atomic E-state index is 0.0966. The van der Waals surface area contributed by atoms with Gasteiger partial charge in [0.1, 0.15) is 6.54 Å². The molecule has 0 fully saturated rings. The van der Waals surface area contributed by atoms with Crippen LogP contribution >= 0.6 is 0 Å². The number of ether oxygens (including phenoxy) is 1. The van der Waals surface area contributed by atoms with Gasteiger partial charge in [-0.3, -0.25) is 9.59 Å². The molecule has 0 saturated carbocycles. The Kier molecular flexibility index (Phi) is 4.51. The Hall–Kier alpha value is -1.84. The number of carbonyl (C=O) groups excluding carboxylic acids is 2. The summed E-state index contributed by atoms with van der Waals surface area (Å²) < 4.78 is 4.70. The summed E-state index contributed by atoms with van der Waals surface area (Å²) in [5, 5.41) is 2.50.